The highest BCUT2D eigenvalue weighted by Gasteiger charge is 2.30. The number of benzene rings is 2. The third kappa shape index (κ3) is 5.45. The first-order valence-corrected chi connectivity index (χ1v) is 11.3. The van der Waals surface area contributed by atoms with Gasteiger partial charge in [0.05, 0.1) is 17.6 Å². The Morgan fingerprint density at radius 1 is 1.12 bits per heavy atom. The molecular formula is C25H31N5O3. The number of nitrogens with one attached hydrogen (secondary N) is 1. The first-order chi connectivity index (χ1) is 15.7. The van der Waals surface area contributed by atoms with Crippen molar-refractivity contribution in [2.24, 2.45) is 5.92 Å². The number of carbonyl (C=O) groups excluding carboxylic acids is 2. The fourth-order valence-electron chi connectivity index (χ4n) is 4.07. The third-order valence-corrected chi connectivity index (χ3v) is 5.70. The number of rotatable bonds is 4. The van der Waals surface area contributed by atoms with Gasteiger partial charge in [0, 0.05) is 24.7 Å². The Morgan fingerprint density at radius 2 is 1.85 bits per heavy atom. The first-order valence-electron chi connectivity index (χ1n) is 11.3. The molecule has 0 spiro atoms. The van der Waals surface area contributed by atoms with Gasteiger partial charge in [0.15, 0.2) is 0 Å². The maximum absolute atomic E-state index is 13.1. The molecule has 3 N–H and O–H groups in total. The highest BCUT2D eigenvalue weighted by molar-refractivity contribution is 5.93. The number of hydrogen-bond acceptors (Lipinski definition) is 5. The summed E-state index contributed by atoms with van der Waals surface area (Å²) in [7, 11) is 0. The Hall–Kier alpha value is -3.55. The van der Waals surface area contributed by atoms with Gasteiger partial charge >= 0.3 is 6.09 Å². The highest BCUT2D eigenvalue weighted by Crippen LogP contribution is 2.25. The van der Waals surface area contributed by atoms with Crippen LogP contribution < -0.4 is 11.1 Å². The summed E-state index contributed by atoms with van der Waals surface area (Å²) in [5.41, 5.74) is 8.89. The van der Waals surface area contributed by atoms with E-state index in [1.54, 1.807) is 4.90 Å². The second-order valence-electron chi connectivity index (χ2n) is 9.49. The van der Waals surface area contributed by atoms with Crippen LogP contribution >= 0.6 is 0 Å². The molecule has 2 amide bonds. The maximum atomic E-state index is 13.1. The number of nitrogen functional groups attached to an aromatic ring is 1. The van der Waals surface area contributed by atoms with Crippen LogP contribution in [0.15, 0.2) is 48.5 Å². The van der Waals surface area contributed by atoms with Crippen molar-refractivity contribution in [3.63, 3.8) is 0 Å². The van der Waals surface area contributed by atoms with Gasteiger partial charge < -0.3 is 19.9 Å². The van der Waals surface area contributed by atoms with Crippen molar-refractivity contribution >= 4 is 34.7 Å². The molecule has 33 heavy (non-hydrogen) atoms. The molecule has 0 bridgehead atoms. The molecule has 0 atom stereocenters. The second kappa shape index (κ2) is 9.13. The van der Waals surface area contributed by atoms with Crippen LogP contribution in [0.25, 0.3) is 11.0 Å². The van der Waals surface area contributed by atoms with Gasteiger partial charge in [-0.2, -0.15) is 0 Å². The smallest absolute Gasteiger partial charge is 0.410 e. The predicted octanol–water partition coefficient (Wildman–Crippen LogP) is 4.25. The molecule has 0 radical (unpaired) electrons. The number of likely N-dealkylation sites (tertiary alicyclic amines) is 1. The Kier molecular flexibility index (Phi) is 6.26. The molecule has 0 saturated carbocycles. The lowest BCUT2D eigenvalue weighted by molar-refractivity contribution is -0.121. The largest absolute Gasteiger partial charge is 0.444 e. The topological polar surface area (TPSA) is 102 Å². The molecule has 1 aliphatic rings. The zero-order chi connectivity index (χ0) is 23.6. The normalized spacial score (nSPS) is 14.9. The van der Waals surface area contributed by atoms with E-state index in [1.165, 1.54) is 0 Å². The summed E-state index contributed by atoms with van der Waals surface area (Å²) in [5, 5.41) is 3.03. The van der Waals surface area contributed by atoms with Gasteiger partial charge in [-0.1, -0.05) is 24.3 Å². The number of piperidine rings is 1. The zero-order valence-electron chi connectivity index (χ0n) is 19.4. The molecule has 3 aromatic rings. The van der Waals surface area contributed by atoms with E-state index in [9.17, 15) is 9.59 Å². The lowest BCUT2D eigenvalue weighted by Gasteiger charge is -2.32. The quantitative estimate of drug-likeness (QED) is 0.580. The molecule has 174 valence electrons. The van der Waals surface area contributed by atoms with Crippen molar-refractivity contribution in [1.82, 2.24) is 14.5 Å². The maximum Gasteiger partial charge on any atom is 0.410 e. The van der Waals surface area contributed by atoms with Crippen molar-refractivity contribution < 1.29 is 14.3 Å². The fraction of sp³-hybridized carbons (Fsp3) is 0.400. The number of amides is 2. The molecule has 1 fully saturated rings. The van der Waals surface area contributed by atoms with Crippen LogP contribution in [0.5, 0.6) is 0 Å². The van der Waals surface area contributed by atoms with E-state index in [0.717, 1.165) is 16.6 Å². The molecule has 2 heterocycles. The number of imidazole rings is 1. The van der Waals surface area contributed by atoms with Gasteiger partial charge in [0.2, 0.25) is 11.9 Å². The van der Waals surface area contributed by atoms with Crippen LogP contribution in [0.2, 0.25) is 0 Å². The van der Waals surface area contributed by atoms with Crippen LogP contribution in [-0.2, 0) is 16.1 Å². The minimum Gasteiger partial charge on any atom is -0.444 e. The van der Waals surface area contributed by atoms with Gasteiger partial charge in [0.1, 0.15) is 5.60 Å². The second-order valence-corrected chi connectivity index (χ2v) is 9.49. The fourth-order valence-corrected chi connectivity index (χ4v) is 4.07. The number of para-hydroxylation sites is 2. The van der Waals surface area contributed by atoms with E-state index < -0.39 is 5.60 Å². The number of nitrogens with two attached hydrogens (primary N) is 1. The zero-order valence-corrected chi connectivity index (χ0v) is 19.4. The molecule has 0 unspecified atom stereocenters. The van der Waals surface area contributed by atoms with Crippen molar-refractivity contribution in [3.05, 3.63) is 54.1 Å². The minimum absolute atomic E-state index is 0.0806. The first kappa shape index (κ1) is 22.6. The number of hydrogen-bond donors (Lipinski definition) is 2. The van der Waals surface area contributed by atoms with Gasteiger partial charge in [0.25, 0.3) is 0 Å². The van der Waals surface area contributed by atoms with E-state index in [4.69, 9.17) is 10.5 Å². The SMILES string of the molecule is CC(C)(C)OC(=O)N1CCC(C(=O)Nc2nc3ccccc3n2Cc2cccc(N)c2)CC1. The number of ether oxygens (including phenoxy) is 1. The van der Waals surface area contributed by atoms with E-state index >= 15 is 0 Å². The Balaban J connectivity index is 1.47. The summed E-state index contributed by atoms with van der Waals surface area (Å²) >= 11 is 0. The average molecular weight is 450 g/mol. The van der Waals surface area contributed by atoms with E-state index in [1.807, 2.05) is 73.9 Å². The standard InChI is InChI=1S/C25H31N5O3/c1-25(2,3)33-24(32)29-13-11-18(12-14-29)22(31)28-23-27-20-9-4-5-10-21(20)30(23)16-17-7-6-8-19(26)15-17/h4-10,15,18H,11-14,16,26H2,1-3H3,(H,27,28,31). The minimum atomic E-state index is -0.534. The summed E-state index contributed by atoms with van der Waals surface area (Å²) < 4.78 is 7.44. The third-order valence-electron chi connectivity index (χ3n) is 5.70. The van der Waals surface area contributed by atoms with E-state index in [-0.39, 0.29) is 17.9 Å². The van der Waals surface area contributed by atoms with Gasteiger partial charge in [-0.3, -0.25) is 10.1 Å². The molecule has 1 aliphatic heterocycles. The van der Waals surface area contributed by atoms with Crippen molar-refractivity contribution in [3.8, 4) is 0 Å². The summed E-state index contributed by atoms with van der Waals surface area (Å²) in [4.78, 5) is 31.7. The molecule has 4 rings (SSSR count). The molecule has 0 aliphatic carbocycles. The van der Waals surface area contributed by atoms with Crippen LogP contribution in [0.3, 0.4) is 0 Å². The predicted molar refractivity (Wildman–Crippen MR) is 129 cm³/mol. The Bertz CT molecular complexity index is 1160. The van der Waals surface area contributed by atoms with Gasteiger partial charge in [-0.15, -0.1) is 0 Å². The van der Waals surface area contributed by atoms with Gasteiger partial charge in [-0.05, 0) is 63.4 Å². The van der Waals surface area contributed by atoms with Crippen LogP contribution in [-0.4, -0.2) is 45.1 Å². The molecule has 1 aromatic heterocycles. The number of aromatic nitrogens is 2. The van der Waals surface area contributed by atoms with Crippen LogP contribution in [0, 0.1) is 5.92 Å². The summed E-state index contributed by atoms with van der Waals surface area (Å²) in [5.74, 6) is 0.241. The van der Waals surface area contributed by atoms with Crippen molar-refractivity contribution in [2.75, 3.05) is 24.1 Å². The van der Waals surface area contributed by atoms with E-state index in [2.05, 4.69) is 10.3 Å². The number of anilines is 2. The highest BCUT2D eigenvalue weighted by atomic mass is 16.6. The van der Waals surface area contributed by atoms with Gasteiger partial charge in [-0.25, -0.2) is 9.78 Å². The van der Waals surface area contributed by atoms with E-state index in [0.29, 0.717) is 44.1 Å². The number of fused-ring (bicyclic) bond motifs is 1. The molecule has 8 nitrogen and oxygen atoms in total. The Morgan fingerprint density at radius 3 is 2.55 bits per heavy atom. The lowest BCUT2D eigenvalue weighted by atomic mass is 9.96. The molecule has 1 saturated heterocycles. The summed E-state index contributed by atoms with van der Waals surface area (Å²) in [6.45, 7) is 7.07. The Labute approximate surface area is 193 Å². The van der Waals surface area contributed by atoms with Crippen molar-refractivity contribution in [2.45, 2.75) is 45.8 Å². The number of nitrogens with zero attached hydrogens (tertiary/aromatic N) is 3. The molecular weight excluding hydrogens is 418 g/mol. The van der Waals surface area contributed by atoms with Crippen LogP contribution in [0.4, 0.5) is 16.4 Å². The average Bonchev–Trinajstić information content (AvgIpc) is 3.09. The summed E-state index contributed by atoms with van der Waals surface area (Å²) in [6.07, 6.45) is 0.839. The van der Waals surface area contributed by atoms with Crippen molar-refractivity contribution in [1.29, 1.82) is 0 Å². The van der Waals surface area contributed by atoms with Crippen LogP contribution in [0.1, 0.15) is 39.2 Å². The monoisotopic (exact) mass is 449 g/mol. The summed E-state index contributed by atoms with van der Waals surface area (Å²) in [6, 6.07) is 15.5. The molecule has 8 heteroatoms. The molecule has 2 aromatic carbocycles. The lowest BCUT2D eigenvalue weighted by Crippen LogP contribution is -2.43. The number of carbonyl (C=O) groups is 2.